The lowest BCUT2D eigenvalue weighted by atomic mass is 10.2. The normalized spacial score (nSPS) is 11.6. The molecular formula is C15H16ClF3N4O. The minimum atomic E-state index is -4.51. The van der Waals surface area contributed by atoms with Crippen LogP contribution in [0.2, 0.25) is 5.02 Å². The zero-order valence-electron chi connectivity index (χ0n) is 13.1. The van der Waals surface area contributed by atoms with Crippen molar-refractivity contribution in [1.29, 1.82) is 0 Å². The van der Waals surface area contributed by atoms with Crippen LogP contribution in [0.5, 0.6) is 5.88 Å². The predicted octanol–water partition coefficient (Wildman–Crippen LogP) is 4.19. The molecule has 0 aromatic carbocycles. The van der Waals surface area contributed by atoms with E-state index in [4.69, 9.17) is 16.3 Å². The van der Waals surface area contributed by atoms with Gasteiger partial charge in [0.25, 0.3) is 0 Å². The van der Waals surface area contributed by atoms with Gasteiger partial charge in [-0.05, 0) is 23.6 Å². The molecule has 0 amide bonds. The molecule has 0 bridgehead atoms. The topological polar surface area (TPSA) is 59.9 Å². The number of aromatic nitrogens is 3. The molecule has 0 saturated heterocycles. The van der Waals surface area contributed by atoms with Gasteiger partial charge in [0.2, 0.25) is 11.8 Å². The maximum Gasteiger partial charge on any atom is 0.433 e. The van der Waals surface area contributed by atoms with Gasteiger partial charge in [0.1, 0.15) is 10.7 Å². The summed E-state index contributed by atoms with van der Waals surface area (Å²) in [5.41, 5.74) is -0.341. The number of anilines is 1. The summed E-state index contributed by atoms with van der Waals surface area (Å²) < 4.78 is 43.3. The van der Waals surface area contributed by atoms with E-state index in [1.165, 1.54) is 6.20 Å². The first-order chi connectivity index (χ1) is 11.3. The molecule has 24 heavy (non-hydrogen) atoms. The lowest BCUT2D eigenvalue weighted by molar-refractivity contribution is -0.141. The van der Waals surface area contributed by atoms with Crippen LogP contribution in [0.1, 0.15) is 25.1 Å². The van der Waals surface area contributed by atoms with E-state index in [1.54, 1.807) is 6.07 Å². The second-order valence-electron chi connectivity index (χ2n) is 5.45. The van der Waals surface area contributed by atoms with E-state index in [0.29, 0.717) is 29.0 Å². The van der Waals surface area contributed by atoms with Gasteiger partial charge in [-0.2, -0.15) is 13.2 Å². The number of rotatable bonds is 6. The van der Waals surface area contributed by atoms with Gasteiger partial charge < -0.3 is 10.1 Å². The quantitative estimate of drug-likeness (QED) is 0.837. The summed E-state index contributed by atoms with van der Waals surface area (Å²) in [6, 6.07) is 2.44. The van der Waals surface area contributed by atoms with E-state index in [2.05, 4.69) is 20.3 Å². The summed E-state index contributed by atoms with van der Waals surface area (Å²) in [6.07, 6.45) is -1.94. The monoisotopic (exact) mass is 360 g/mol. The zero-order chi connectivity index (χ0) is 17.7. The van der Waals surface area contributed by atoms with Gasteiger partial charge in [-0.25, -0.2) is 15.0 Å². The van der Waals surface area contributed by atoms with Crippen LogP contribution < -0.4 is 10.1 Å². The molecule has 1 N–H and O–H groups in total. The second kappa shape index (κ2) is 7.65. The van der Waals surface area contributed by atoms with Crippen molar-refractivity contribution >= 4 is 17.5 Å². The summed E-state index contributed by atoms with van der Waals surface area (Å²) >= 11 is 6.08. The summed E-state index contributed by atoms with van der Waals surface area (Å²) in [5.74, 6) is 0.535. The molecule has 0 saturated carbocycles. The third kappa shape index (κ3) is 5.23. The Hall–Kier alpha value is -2.09. The van der Waals surface area contributed by atoms with E-state index >= 15 is 0 Å². The Morgan fingerprint density at radius 1 is 1.29 bits per heavy atom. The Morgan fingerprint density at radius 3 is 2.67 bits per heavy atom. The lowest BCUT2D eigenvalue weighted by Crippen LogP contribution is -2.11. The van der Waals surface area contributed by atoms with Crippen molar-refractivity contribution in [1.82, 2.24) is 15.0 Å². The number of hydrogen-bond acceptors (Lipinski definition) is 5. The Bertz CT molecular complexity index is 695. The molecule has 0 aliphatic carbocycles. The first kappa shape index (κ1) is 18.3. The molecule has 2 aromatic rings. The number of halogens is 4. The number of nitrogens with one attached hydrogen (secondary N) is 1. The minimum Gasteiger partial charge on any atom is -0.476 e. The fourth-order valence-corrected chi connectivity index (χ4v) is 1.94. The largest absolute Gasteiger partial charge is 0.476 e. The number of ether oxygens (including phenoxy) is 1. The van der Waals surface area contributed by atoms with Crippen molar-refractivity contribution < 1.29 is 17.9 Å². The van der Waals surface area contributed by atoms with Crippen molar-refractivity contribution in [2.75, 3.05) is 11.9 Å². The van der Waals surface area contributed by atoms with Crippen molar-refractivity contribution in [2.45, 2.75) is 26.6 Å². The fourth-order valence-electron chi connectivity index (χ4n) is 1.70. The highest BCUT2D eigenvalue weighted by Crippen LogP contribution is 2.27. The number of nitrogens with zero attached hydrogens (tertiary/aromatic N) is 3. The smallest absolute Gasteiger partial charge is 0.433 e. The summed E-state index contributed by atoms with van der Waals surface area (Å²) in [7, 11) is 0. The van der Waals surface area contributed by atoms with Gasteiger partial charge >= 0.3 is 6.18 Å². The van der Waals surface area contributed by atoms with Gasteiger partial charge in [0.05, 0.1) is 6.61 Å². The molecule has 2 heterocycles. The average Bonchev–Trinajstić information content (AvgIpc) is 2.51. The van der Waals surface area contributed by atoms with E-state index in [0.717, 1.165) is 12.3 Å². The molecular weight excluding hydrogens is 345 g/mol. The van der Waals surface area contributed by atoms with Crippen LogP contribution in [0.15, 0.2) is 24.5 Å². The highest BCUT2D eigenvalue weighted by Gasteiger charge is 2.32. The van der Waals surface area contributed by atoms with Crippen LogP contribution in [0.4, 0.5) is 19.1 Å². The SMILES string of the molecule is CC(C)COc1ncc(CNc2nccc(C(F)(F)F)n2)cc1Cl. The molecule has 0 radical (unpaired) electrons. The van der Waals surface area contributed by atoms with Gasteiger partial charge in [-0.3, -0.25) is 0 Å². The Morgan fingerprint density at radius 2 is 2.04 bits per heavy atom. The van der Waals surface area contributed by atoms with E-state index in [9.17, 15) is 13.2 Å². The Kier molecular flexibility index (Phi) is 5.82. The van der Waals surface area contributed by atoms with Gasteiger partial charge in [-0.15, -0.1) is 0 Å². The molecule has 0 spiro atoms. The van der Waals surface area contributed by atoms with Crippen LogP contribution in [-0.4, -0.2) is 21.6 Å². The fraction of sp³-hybridized carbons (Fsp3) is 0.400. The number of pyridine rings is 1. The van der Waals surface area contributed by atoms with Gasteiger partial charge in [-0.1, -0.05) is 25.4 Å². The van der Waals surface area contributed by atoms with E-state index in [1.807, 2.05) is 13.8 Å². The Labute approximate surface area is 142 Å². The minimum absolute atomic E-state index is 0.124. The van der Waals surface area contributed by atoms with Gasteiger partial charge in [0.15, 0.2) is 0 Å². The summed E-state index contributed by atoms with van der Waals surface area (Å²) in [5, 5.41) is 3.04. The van der Waals surface area contributed by atoms with Crippen molar-refractivity contribution in [3.05, 3.63) is 40.8 Å². The third-order valence-corrected chi connectivity index (χ3v) is 3.08. The molecule has 0 aliphatic rings. The number of hydrogen-bond donors (Lipinski definition) is 1. The highest BCUT2D eigenvalue weighted by molar-refractivity contribution is 6.31. The molecule has 0 aliphatic heterocycles. The maximum absolute atomic E-state index is 12.6. The third-order valence-electron chi connectivity index (χ3n) is 2.81. The van der Waals surface area contributed by atoms with Gasteiger partial charge in [0, 0.05) is 18.9 Å². The summed E-state index contributed by atoms with van der Waals surface area (Å²) in [4.78, 5) is 11.3. The van der Waals surface area contributed by atoms with Crippen LogP contribution in [0.3, 0.4) is 0 Å². The second-order valence-corrected chi connectivity index (χ2v) is 5.86. The van der Waals surface area contributed by atoms with Crippen LogP contribution >= 0.6 is 11.6 Å². The molecule has 9 heteroatoms. The highest BCUT2D eigenvalue weighted by atomic mass is 35.5. The zero-order valence-corrected chi connectivity index (χ0v) is 13.8. The maximum atomic E-state index is 12.6. The molecule has 130 valence electrons. The first-order valence-corrected chi connectivity index (χ1v) is 7.55. The molecule has 0 atom stereocenters. The molecule has 0 unspecified atom stereocenters. The van der Waals surface area contributed by atoms with E-state index in [-0.39, 0.29) is 12.5 Å². The molecule has 5 nitrogen and oxygen atoms in total. The Balaban J connectivity index is 2.01. The predicted molar refractivity (Wildman–Crippen MR) is 83.9 cm³/mol. The van der Waals surface area contributed by atoms with E-state index < -0.39 is 11.9 Å². The summed E-state index contributed by atoms with van der Waals surface area (Å²) in [6.45, 7) is 4.67. The van der Waals surface area contributed by atoms with Crippen molar-refractivity contribution in [2.24, 2.45) is 5.92 Å². The molecule has 2 rings (SSSR count). The van der Waals surface area contributed by atoms with Crippen LogP contribution in [0, 0.1) is 5.92 Å². The van der Waals surface area contributed by atoms with Crippen molar-refractivity contribution in [3.8, 4) is 5.88 Å². The number of alkyl halides is 3. The lowest BCUT2D eigenvalue weighted by Gasteiger charge is -2.11. The van der Waals surface area contributed by atoms with Crippen molar-refractivity contribution in [3.63, 3.8) is 0 Å². The molecule has 2 aromatic heterocycles. The van der Waals surface area contributed by atoms with Crippen LogP contribution in [0.25, 0.3) is 0 Å². The van der Waals surface area contributed by atoms with Crippen LogP contribution in [-0.2, 0) is 12.7 Å². The molecule has 0 fully saturated rings. The average molecular weight is 361 g/mol. The first-order valence-electron chi connectivity index (χ1n) is 7.17. The standard InChI is InChI=1S/C15H16ClF3N4O/c1-9(2)8-24-13-11(16)5-10(6-21-13)7-22-14-20-4-3-12(23-14)15(17,18)19/h3-6,9H,7-8H2,1-2H3,(H,20,22,23).